The van der Waals surface area contributed by atoms with Crippen molar-refractivity contribution in [3.8, 4) is 0 Å². The van der Waals surface area contributed by atoms with Crippen molar-refractivity contribution < 1.29 is 4.79 Å². The summed E-state index contributed by atoms with van der Waals surface area (Å²) in [5, 5.41) is 3.08. The van der Waals surface area contributed by atoms with Crippen molar-refractivity contribution in [1.29, 1.82) is 0 Å². The lowest BCUT2D eigenvalue weighted by atomic mass is 10.1. The Bertz CT molecular complexity index is 312. The van der Waals surface area contributed by atoms with Crippen LogP contribution in [0.15, 0.2) is 18.3 Å². The number of nitrogens with one attached hydrogen (secondary N) is 1. The Morgan fingerprint density at radius 3 is 2.93 bits per heavy atom. The maximum atomic E-state index is 11.4. The van der Waals surface area contributed by atoms with Crippen LogP contribution in [0.5, 0.6) is 0 Å². The molecule has 0 fully saturated rings. The topological polar surface area (TPSA) is 68.0 Å². The summed E-state index contributed by atoms with van der Waals surface area (Å²) in [5.74, 6) is -0.317. The number of rotatable bonds is 3. The van der Waals surface area contributed by atoms with Gasteiger partial charge in [-0.2, -0.15) is 0 Å². The summed E-state index contributed by atoms with van der Waals surface area (Å²) in [7, 11) is 0. The number of carbonyl (C=O) groups is 1. The second-order valence-electron chi connectivity index (χ2n) is 3.00. The highest BCUT2D eigenvalue weighted by Gasteiger charge is 2.10. The van der Waals surface area contributed by atoms with Crippen LogP contribution < -0.4 is 11.1 Å². The number of halogens is 1. The van der Waals surface area contributed by atoms with Crippen molar-refractivity contribution >= 4 is 23.2 Å². The Hall–Kier alpha value is -1.13. The number of amides is 1. The molecule has 0 saturated carbocycles. The second-order valence-corrected chi connectivity index (χ2v) is 3.38. The summed E-state index contributed by atoms with van der Waals surface area (Å²) in [6, 6.07) is 3.31. The summed E-state index contributed by atoms with van der Waals surface area (Å²) < 4.78 is 0. The molecule has 1 heterocycles. The summed E-state index contributed by atoms with van der Waals surface area (Å²) in [6.45, 7) is 2.09. The standard InChI is InChI=1S/C9H12ClN3O/c1-6(4-11)9(14)13-7-2-3-8(10)12-5-7/h2-3,5-6H,4,11H2,1H3,(H,13,14). The lowest BCUT2D eigenvalue weighted by molar-refractivity contribution is -0.119. The zero-order chi connectivity index (χ0) is 10.6. The molecule has 4 nitrogen and oxygen atoms in total. The first-order valence-electron chi connectivity index (χ1n) is 4.26. The summed E-state index contributed by atoms with van der Waals surface area (Å²) >= 11 is 5.59. The normalized spacial score (nSPS) is 12.2. The van der Waals surface area contributed by atoms with Gasteiger partial charge >= 0.3 is 0 Å². The summed E-state index contributed by atoms with van der Waals surface area (Å²) in [4.78, 5) is 15.2. The first-order valence-corrected chi connectivity index (χ1v) is 4.63. The van der Waals surface area contributed by atoms with Crippen LogP contribution in [-0.2, 0) is 4.79 Å². The predicted octanol–water partition coefficient (Wildman–Crippen LogP) is 1.27. The van der Waals surface area contributed by atoms with Gasteiger partial charge in [0, 0.05) is 12.5 Å². The molecule has 0 saturated heterocycles. The third-order valence-electron chi connectivity index (χ3n) is 1.80. The molecule has 1 aromatic rings. The van der Waals surface area contributed by atoms with Crippen molar-refractivity contribution in [3.63, 3.8) is 0 Å². The van der Waals surface area contributed by atoms with Gasteiger partial charge in [0.1, 0.15) is 5.15 Å². The van der Waals surface area contributed by atoms with Gasteiger partial charge in [0.2, 0.25) is 5.91 Å². The van der Waals surface area contributed by atoms with Gasteiger partial charge in [-0.15, -0.1) is 0 Å². The fourth-order valence-corrected chi connectivity index (χ4v) is 0.934. The fourth-order valence-electron chi connectivity index (χ4n) is 0.822. The van der Waals surface area contributed by atoms with Gasteiger partial charge in [0.15, 0.2) is 0 Å². The average molecular weight is 214 g/mol. The molecular weight excluding hydrogens is 202 g/mol. The van der Waals surface area contributed by atoms with Crippen LogP contribution in [0.1, 0.15) is 6.92 Å². The van der Waals surface area contributed by atoms with Gasteiger partial charge in [0.25, 0.3) is 0 Å². The number of hydrogen-bond donors (Lipinski definition) is 2. The molecule has 1 atom stereocenters. The van der Waals surface area contributed by atoms with Gasteiger partial charge in [-0.05, 0) is 12.1 Å². The highest BCUT2D eigenvalue weighted by atomic mass is 35.5. The monoisotopic (exact) mass is 213 g/mol. The number of nitrogens with zero attached hydrogens (tertiary/aromatic N) is 1. The molecule has 0 aliphatic rings. The SMILES string of the molecule is CC(CN)C(=O)Nc1ccc(Cl)nc1. The Balaban J connectivity index is 2.60. The van der Waals surface area contributed by atoms with Crippen molar-refractivity contribution in [3.05, 3.63) is 23.5 Å². The minimum atomic E-state index is -0.203. The number of nitrogens with two attached hydrogens (primary N) is 1. The molecule has 1 unspecified atom stereocenters. The number of hydrogen-bond acceptors (Lipinski definition) is 3. The number of anilines is 1. The van der Waals surface area contributed by atoms with Crippen LogP contribution in [-0.4, -0.2) is 17.4 Å². The zero-order valence-corrected chi connectivity index (χ0v) is 8.58. The Labute approximate surface area is 87.5 Å². The van der Waals surface area contributed by atoms with E-state index in [1.165, 1.54) is 6.20 Å². The minimum Gasteiger partial charge on any atom is -0.330 e. The van der Waals surface area contributed by atoms with Crippen molar-refractivity contribution in [2.24, 2.45) is 11.7 Å². The molecule has 3 N–H and O–H groups in total. The van der Waals surface area contributed by atoms with Crippen molar-refractivity contribution in [2.45, 2.75) is 6.92 Å². The molecular formula is C9H12ClN3O. The van der Waals surface area contributed by atoms with Gasteiger partial charge in [-0.3, -0.25) is 4.79 Å². The maximum absolute atomic E-state index is 11.4. The van der Waals surface area contributed by atoms with E-state index < -0.39 is 0 Å². The molecule has 0 spiro atoms. The highest BCUT2D eigenvalue weighted by Crippen LogP contribution is 2.10. The molecule has 0 bridgehead atoms. The van der Waals surface area contributed by atoms with E-state index in [0.29, 0.717) is 17.4 Å². The van der Waals surface area contributed by atoms with E-state index in [9.17, 15) is 4.79 Å². The average Bonchev–Trinajstić information content (AvgIpc) is 2.20. The Morgan fingerprint density at radius 2 is 2.43 bits per heavy atom. The number of aromatic nitrogens is 1. The van der Waals surface area contributed by atoms with Gasteiger partial charge < -0.3 is 11.1 Å². The molecule has 0 aliphatic heterocycles. The largest absolute Gasteiger partial charge is 0.330 e. The maximum Gasteiger partial charge on any atom is 0.228 e. The van der Waals surface area contributed by atoms with E-state index in [4.69, 9.17) is 17.3 Å². The van der Waals surface area contributed by atoms with E-state index in [1.54, 1.807) is 19.1 Å². The number of pyridine rings is 1. The van der Waals surface area contributed by atoms with Crippen LogP contribution in [0, 0.1) is 5.92 Å². The zero-order valence-electron chi connectivity index (χ0n) is 7.83. The molecule has 0 aliphatic carbocycles. The Kier molecular flexibility index (Phi) is 3.85. The quantitative estimate of drug-likeness (QED) is 0.743. The van der Waals surface area contributed by atoms with Gasteiger partial charge in [0.05, 0.1) is 11.9 Å². The highest BCUT2D eigenvalue weighted by molar-refractivity contribution is 6.29. The van der Waals surface area contributed by atoms with Crippen molar-refractivity contribution in [2.75, 3.05) is 11.9 Å². The summed E-state index contributed by atoms with van der Waals surface area (Å²) in [5.41, 5.74) is 5.98. The van der Waals surface area contributed by atoms with E-state index >= 15 is 0 Å². The number of carbonyl (C=O) groups excluding carboxylic acids is 1. The molecule has 1 rings (SSSR count). The van der Waals surface area contributed by atoms with Crippen LogP contribution in [0.3, 0.4) is 0 Å². The lowest BCUT2D eigenvalue weighted by Crippen LogP contribution is -2.26. The smallest absolute Gasteiger partial charge is 0.228 e. The molecule has 0 aromatic carbocycles. The van der Waals surface area contributed by atoms with Crippen LogP contribution >= 0.6 is 11.6 Å². The second kappa shape index (κ2) is 4.93. The van der Waals surface area contributed by atoms with E-state index in [2.05, 4.69) is 10.3 Å². The Morgan fingerprint density at radius 1 is 1.71 bits per heavy atom. The van der Waals surface area contributed by atoms with Crippen LogP contribution in [0.25, 0.3) is 0 Å². The molecule has 76 valence electrons. The molecule has 5 heteroatoms. The molecule has 14 heavy (non-hydrogen) atoms. The van der Waals surface area contributed by atoms with Crippen LogP contribution in [0.4, 0.5) is 5.69 Å². The first-order chi connectivity index (χ1) is 6.63. The van der Waals surface area contributed by atoms with E-state index in [0.717, 1.165) is 0 Å². The van der Waals surface area contributed by atoms with Gasteiger partial charge in [-0.1, -0.05) is 18.5 Å². The lowest BCUT2D eigenvalue weighted by Gasteiger charge is -2.09. The summed E-state index contributed by atoms with van der Waals surface area (Å²) in [6.07, 6.45) is 1.50. The predicted molar refractivity (Wildman–Crippen MR) is 56.1 cm³/mol. The molecule has 1 aromatic heterocycles. The van der Waals surface area contributed by atoms with Crippen LogP contribution in [0.2, 0.25) is 5.15 Å². The molecule has 1 amide bonds. The fraction of sp³-hybridized carbons (Fsp3) is 0.333. The third-order valence-corrected chi connectivity index (χ3v) is 2.02. The van der Waals surface area contributed by atoms with Crippen molar-refractivity contribution in [1.82, 2.24) is 4.98 Å². The van der Waals surface area contributed by atoms with Gasteiger partial charge in [-0.25, -0.2) is 4.98 Å². The minimum absolute atomic E-state index is 0.114. The molecule has 0 radical (unpaired) electrons. The van der Waals surface area contributed by atoms with E-state index in [-0.39, 0.29) is 11.8 Å². The first kappa shape index (κ1) is 10.9. The third kappa shape index (κ3) is 2.97. The van der Waals surface area contributed by atoms with E-state index in [1.807, 2.05) is 0 Å².